The second kappa shape index (κ2) is 8.73. The maximum atomic E-state index is 13.3. The maximum absolute atomic E-state index is 13.3. The van der Waals surface area contributed by atoms with Gasteiger partial charge in [0.25, 0.3) is 5.91 Å². The highest BCUT2D eigenvalue weighted by Gasteiger charge is 2.26. The number of thiophene rings is 1. The van der Waals surface area contributed by atoms with Gasteiger partial charge in [0, 0.05) is 43.7 Å². The number of nitrogen functional groups attached to an aromatic ring is 1. The minimum absolute atomic E-state index is 0.0155. The van der Waals surface area contributed by atoms with Crippen molar-refractivity contribution in [2.75, 3.05) is 31.9 Å². The molecule has 32 heavy (non-hydrogen) atoms. The van der Waals surface area contributed by atoms with Gasteiger partial charge in [-0.3, -0.25) is 9.69 Å². The first-order valence-electron chi connectivity index (χ1n) is 10.9. The van der Waals surface area contributed by atoms with Crippen LogP contribution in [0.2, 0.25) is 0 Å². The van der Waals surface area contributed by atoms with Crippen LogP contribution < -0.4 is 5.73 Å². The number of hydrogen-bond donors (Lipinski definition) is 1. The van der Waals surface area contributed by atoms with Crippen LogP contribution >= 0.6 is 11.3 Å². The predicted octanol–water partition coefficient (Wildman–Crippen LogP) is 4.81. The van der Waals surface area contributed by atoms with Crippen molar-refractivity contribution in [1.29, 1.82) is 0 Å². The highest BCUT2D eigenvalue weighted by Crippen LogP contribution is 2.35. The van der Waals surface area contributed by atoms with Crippen molar-refractivity contribution in [1.82, 2.24) is 14.8 Å². The predicted molar refractivity (Wildman–Crippen MR) is 132 cm³/mol. The Hall–Kier alpha value is -3.22. The molecule has 0 radical (unpaired) electrons. The van der Waals surface area contributed by atoms with Gasteiger partial charge in [-0.15, -0.1) is 11.3 Å². The van der Waals surface area contributed by atoms with Gasteiger partial charge < -0.3 is 10.6 Å². The lowest BCUT2D eigenvalue weighted by Gasteiger charge is -2.34. The zero-order valence-electron chi connectivity index (χ0n) is 18.1. The topological polar surface area (TPSA) is 62.5 Å². The molecule has 0 aliphatic carbocycles. The van der Waals surface area contributed by atoms with Crippen LogP contribution in [0.25, 0.3) is 21.5 Å². The summed E-state index contributed by atoms with van der Waals surface area (Å²) >= 11 is 1.40. The molecule has 0 atom stereocenters. The van der Waals surface area contributed by atoms with E-state index in [1.165, 1.54) is 22.5 Å². The summed E-state index contributed by atoms with van der Waals surface area (Å²) in [5.74, 6) is 0.0155. The third-order valence-electron chi connectivity index (χ3n) is 6.04. The first kappa shape index (κ1) is 20.7. The molecule has 1 aliphatic rings. The zero-order valence-corrected chi connectivity index (χ0v) is 18.9. The average Bonchev–Trinajstić information content (AvgIpc) is 3.16. The number of carbonyl (C=O) groups excluding carboxylic acids is 1. The Morgan fingerprint density at radius 3 is 2.41 bits per heavy atom. The summed E-state index contributed by atoms with van der Waals surface area (Å²) in [6.07, 6.45) is 0. The minimum Gasteiger partial charge on any atom is -0.397 e. The van der Waals surface area contributed by atoms with Crippen molar-refractivity contribution < 1.29 is 4.79 Å². The summed E-state index contributed by atoms with van der Waals surface area (Å²) in [6, 6.07) is 22.7. The van der Waals surface area contributed by atoms with E-state index < -0.39 is 0 Å². The summed E-state index contributed by atoms with van der Waals surface area (Å²) < 4.78 is 0. The molecule has 3 heterocycles. The third kappa shape index (κ3) is 4.11. The van der Waals surface area contributed by atoms with E-state index >= 15 is 0 Å². The lowest BCUT2D eigenvalue weighted by atomic mass is 10.1. The minimum atomic E-state index is 0.0155. The van der Waals surface area contributed by atoms with E-state index in [-0.39, 0.29) is 5.91 Å². The van der Waals surface area contributed by atoms with Crippen molar-refractivity contribution in [2.45, 2.75) is 13.5 Å². The number of benzene rings is 2. The normalized spacial score (nSPS) is 14.7. The van der Waals surface area contributed by atoms with Crippen molar-refractivity contribution in [3.63, 3.8) is 0 Å². The average molecular weight is 443 g/mol. The van der Waals surface area contributed by atoms with Gasteiger partial charge in [-0.1, -0.05) is 60.2 Å². The molecule has 0 spiro atoms. The van der Waals surface area contributed by atoms with Crippen LogP contribution in [0.3, 0.4) is 0 Å². The summed E-state index contributed by atoms with van der Waals surface area (Å²) in [4.78, 5) is 23.8. The number of pyridine rings is 1. The van der Waals surface area contributed by atoms with Gasteiger partial charge in [-0.05, 0) is 24.6 Å². The highest BCUT2D eigenvalue weighted by atomic mass is 32.1. The van der Waals surface area contributed by atoms with E-state index in [4.69, 9.17) is 10.7 Å². The second-order valence-corrected chi connectivity index (χ2v) is 9.31. The molecule has 1 saturated heterocycles. The van der Waals surface area contributed by atoms with Gasteiger partial charge in [0.05, 0.1) is 11.4 Å². The van der Waals surface area contributed by atoms with Gasteiger partial charge in [-0.25, -0.2) is 4.98 Å². The van der Waals surface area contributed by atoms with E-state index in [9.17, 15) is 4.79 Å². The molecule has 2 aromatic heterocycles. The monoisotopic (exact) mass is 442 g/mol. The summed E-state index contributed by atoms with van der Waals surface area (Å²) in [6.45, 7) is 6.13. The summed E-state index contributed by atoms with van der Waals surface area (Å²) in [7, 11) is 0. The number of carbonyl (C=O) groups is 1. The lowest BCUT2D eigenvalue weighted by Crippen LogP contribution is -2.48. The second-order valence-electron chi connectivity index (χ2n) is 8.31. The number of hydrogen-bond acceptors (Lipinski definition) is 5. The quantitative estimate of drug-likeness (QED) is 0.493. The summed E-state index contributed by atoms with van der Waals surface area (Å²) in [5, 5.41) is 0.858. The van der Waals surface area contributed by atoms with Crippen LogP contribution in [0.15, 0.2) is 66.7 Å². The van der Waals surface area contributed by atoms with Gasteiger partial charge in [0.2, 0.25) is 0 Å². The Balaban J connectivity index is 1.31. The van der Waals surface area contributed by atoms with Crippen molar-refractivity contribution in [3.05, 3.63) is 82.7 Å². The highest BCUT2D eigenvalue weighted by molar-refractivity contribution is 7.21. The van der Waals surface area contributed by atoms with E-state index in [2.05, 4.69) is 60.4 Å². The molecule has 1 amide bonds. The smallest absolute Gasteiger partial charge is 0.266 e. The van der Waals surface area contributed by atoms with Crippen molar-refractivity contribution >= 4 is 33.1 Å². The largest absolute Gasteiger partial charge is 0.397 e. The van der Waals surface area contributed by atoms with E-state index in [1.807, 2.05) is 23.1 Å². The molecule has 2 N–H and O–H groups in total. The van der Waals surface area contributed by atoms with Gasteiger partial charge >= 0.3 is 0 Å². The molecule has 0 saturated carbocycles. The Morgan fingerprint density at radius 2 is 1.69 bits per heavy atom. The van der Waals surface area contributed by atoms with Crippen LogP contribution in [0.4, 0.5) is 5.69 Å². The number of aryl methyl sites for hydroxylation is 1. The standard InChI is InChI=1S/C26H26N4OS/c1-18-7-9-20(10-8-18)22-12-11-21-23(27)24(32-25(21)28-22)26(31)30-15-13-29(14-16-30)17-19-5-3-2-4-6-19/h2-12H,13-17,27H2,1H3. The lowest BCUT2D eigenvalue weighted by molar-refractivity contribution is 0.0634. The molecule has 6 heteroatoms. The Morgan fingerprint density at radius 1 is 0.969 bits per heavy atom. The van der Waals surface area contributed by atoms with Crippen LogP contribution in [0, 0.1) is 6.92 Å². The van der Waals surface area contributed by atoms with Crippen LogP contribution in [0.1, 0.15) is 20.8 Å². The number of rotatable bonds is 4. The number of aromatic nitrogens is 1. The van der Waals surface area contributed by atoms with Crippen molar-refractivity contribution in [3.8, 4) is 11.3 Å². The molecule has 0 bridgehead atoms. The molecule has 5 rings (SSSR count). The molecule has 2 aromatic carbocycles. The maximum Gasteiger partial charge on any atom is 0.266 e. The molecular weight excluding hydrogens is 416 g/mol. The summed E-state index contributed by atoms with van der Waals surface area (Å²) in [5.41, 5.74) is 11.4. The van der Waals surface area contributed by atoms with Crippen molar-refractivity contribution in [2.24, 2.45) is 0 Å². The number of anilines is 1. The van der Waals surface area contributed by atoms with E-state index in [0.29, 0.717) is 23.7 Å². The van der Waals surface area contributed by atoms with Crippen LogP contribution in [-0.2, 0) is 6.54 Å². The Kier molecular flexibility index (Phi) is 5.64. The van der Waals surface area contributed by atoms with Crippen LogP contribution in [0.5, 0.6) is 0 Å². The number of nitrogens with zero attached hydrogens (tertiary/aromatic N) is 3. The molecule has 5 nitrogen and oxygen atoms in total. The van der Waals surface area contributed by atoms with Gasteiger partial charge in [-0.2, -0.15) is 0 Å². The molecule has 1 aliphatic heterocycles. The fourth-order valence-corrected chi connectivity index (χ4v) is 5.20. The Labute approximate surface area is 192 Å². The third-order valence-corrected chi connectivity index (χ3v) is 7.15. The molecule has 1 fully saturated rings. The SMILES string of the molecule is Cc1ccc(-c2ccc3c(N)c(C(=O)N4CCN(Cc5ccccc5)CC4)sc3n2)cc1. The number of piperazine rings is 1. The first-order chi connectivity index (χ1) is 15.6. The first-order valence-corrected chi connectivity index (χ1v) is 11.7. The van der Waals surface area contributed by atoms with Crippen LogP contribution in [-0.4, -0.2) is 46.9 Å². The molecule has 4 aromatic rings. The van der Waals surface area contributed by atoms with E-state index in [0.717, 1.165) is 41.1 Å². The number of amides is 1. The molecule has 162 valence electrons. The number of fused-ring (bicyclic) bond motifs is 1. The molecular formula is C26H26N4OS. The molecule has 0 unspecified atom stereocenters. The number of nitrogens with two attached hydrogens (primary N) is 1. The fraction of sp³-hybridized carbons (Fsp3) is 0.231. The Bertz CT molecular complexity index is 1240. The zero-order chi connectivity index (χ0) is 22.1. The fourth-order valence-electron chi connectivity index (χ4n) is 4.14. The van der Waals surface area contributed by atoms with E-state index in [1.54, 1.807) is 0 Å². The van der Waals surface area contributed by atoms with Gasteiger partial charge in [0.15, 0.2) is 0 Å². The van der Waals surface area contributed by atoms with Gasteiger partial charge in [0.1, 0.15) is 9.71 Å².